The van der Waals surface area contributed by atoms with Gasteiger partial charge in [0.2, 0.25) is 0 Å². The number of methoxy groups -OCH3 is 1. The molecule has 0 bridgehead atoms. The van der Waals surface area contributed by atoms with Crippen LogP contribution in [0.15, 0.2) is 34.8 Å². The molecule has 0 saturated heterocycles. The third-order valence-electron chi connectivity index (χ3n) is 3.11. The van der Waals surface area contributed by atoms with E-state index in [-0.39, 0.29) is 0 Å². The molecule has 1 N–H and O–H groups in total. The zero-order chi connectivity index (χ0) is 15.1. The van der Waals surface area contributed by atoms with E-state index in [9.17, 15) is 8.78 Å². The van der Waals surface area contributed by atoms with Crippen LogP contribution in [0.5, 0.6) is 5.75 Å². The number of imidazole rings is 1. The Morgan fingerprint density at radius 3 is 2.71 bits per heavy atom. The molecule has 0 radical (unpaired) electrons. The largest absolute Gasteiger partial charge is 0.494 e. The second-order valence-corrected chi connectivity index (χ2v) is 5.61. The van der Waals surface area contributed by atoms with Gasteiger partial charge in [0.25, 0.3) is 0 Å². The molecule has 0 saturated carbocycles. The predicted octanol–water partition coefficient (Wildman–Crippen LogP) is 4.74. The van der Waals surface area contributed by atoms with Gasteiger partial charge in [-0.15, -0.1) is 0 Å². The summed E-state index contributed by atoms with van der Waals surface area (Å²) in [6.45, 7) is 0. The summed E-state index contributed by atoms with van der Waals surface area (Å²) >= 11 is 8.43. The number of H-pyrrole nitrogens is 1. The molecule has 1 aromatic heterocycles. The van der Waals surface area contributed by atoms with Crippen LogP contribution in [0.4, 0.5) is 8.78 Å². The van der Waals surface area contributed by atoms with E-state index < -0.39 is 11.6 Å². The molecular formula is C14H9BrF2N2OS. The first-order valence-corrected chi connectivity index (χ1v) is 7.15. The van der Waals surface area contributed by atoms with Crippen molar-refractivity contribution in [1.29, 1.82) is 0 Å². The Morgan fingerprint density at radius 2 is 2.00 bits per heavy atom. The van der Waals surface area contributed by atoms with Crippen molar-refractivity contribution in [1.82, 2.24) is 9.55 Å². The highest BCUT2D eigenvalue weighted by Crippen LogP contribution is 2.30. The lowest BCUT2D eigenvalue weighted by Crippen LogP contribution is -1.99. The minimum absolute atomic E-state index is 0.318. The standard InChI is InChI=1S/C14H9BrF2N2OS/c1-20-13-4-7(16)2-3-11(13)19-12-5-8(15)9(17)6-10(12)18-14(19)21/h2-6H,1H3,(H,18,21). The van der Waals surface area contributed by atoms with Crippen molar-refractivity contribution in [3.63, 3.8) is 0 Å². The van der Waals surface area contributed by atoms with Gasteiger partial charge in [0.1, 0.15) is 17.4 Å². The molecule has 7 heteroatoms. The molecule has 0 aliphatic rings. The van der Waals surface area contributed by atoms with Crippen LogP contribution in [0.25, 0.3) is 16.7 Å². The molecule has 0 atom stereocenters. The number of fused-ring (bicyclic) bond motifs is 1. The highest BCUT2D eigenvalue weighted by Gasteiger charge is 2.14. The third kappa shape index (κ3) is 2.36. The molecule has 3 rings (SSSR count). The van der Waals surface area contributed by atoms with Gasteiger partial charge in [-0.05, 0) is 46.3 Å². The molecule has 3 aromatic rings. The van der Waals surface area contributed by atoms with E-state index in [1.54, 1.807) is 16.7 Å². The summed E-state index contributed by atoms with van der Waals surface area (Å²) in [5.74, 6) is -0.460. The number of ether oxygens (including phenoxy) is 1. The molecule has 0 aliphatic heterocycles. The van der Waals surface area contributed by atoms with Crippen LogP contribution in [-0.4, -0.2) is 16.7 Å². The zero-order valence-corrected chi connectivity index (χ0v) is 13.2. The van der Waals surface area contributed by atoms with Crippen molar-refractivity contribution in [3.05, 3.63) is 51.2 Å². The van der Waals surface area contributed by atoms with Crippen molar-refractivity contribution in [2.45, 2.75) is 0 Å². The highest BCUT2D eigenvalue weighted by molar-refractivity contribution is 9.10. The minimum atomic E-state index is -0.408. The Bertz CT molecular complexity index is 904. The fraction of sp³-hybridized carbons (Fsp3) is 0.0714. The minimum Gasteiger partial charge on any atom is -0.494 e. The summed E-state index contributed by atoms with van der Waals surface area (Å²) in [5, 5.41) is 0. The van der Waals surface area contributed by atoms with Crippen molar-refractivity contribution in [2.24, 2.45) is 0 Å². The Morgan fingerprint density at radius 1 is 1.24 bits per heavy atom. The number of rotatable bonds is 2. The average Bonchev–Trinajstić information content (AvgIpc) is 2.75. The SMILES string of the molecule is COc1cc(F)ccc1-n1c(=S)[nH]c2cc(F)c(Br)cc21. The fourth-order valence-corrected chi connectivity index (χ4v) is 2.82. The molecule has 3 nitrogen and oxygen atoms in total. The first kappa shape index (κ1) is 14.2. The highest BCUT2D eigenvalue weighted by atomic mass is 79.9. The summed E-state index contributed by atoms with van der Waals surface area (Å²) in [4.78, 5) is 2.93. The van der Waals surface area contributed by atoms with E-state index in [0.717, 1.165) is 0 Å². The molecule has 0 unspecified atom stereocenters. The molecule has 0 aliphatic carbocycles. The van der Waals surface area contributed by atoms with Crippen molar-refractivity contribution < 1.29 is 13.5 Å². The summed E-state index contributed by atoms with van der Waals surface area (Å²) < 4.78 is 34.5. The summed E-state index contributed by atoms with van der Waals surface area (Å²) in [6.07, 6.45) is 0. The molecule has 0 spiro atoms. The van der Waals surface area contributed by atoms with Gasteiger partial charge in [-0.1, -0.05) is 0 Å². The summed E-state index contributed by atoms with van der Waals surface area (Å²) in [5.41, 5.74) is 1.79. The lowest BCUT2D eigenvalue weighted by Gasteiger charge is -2.10. The topological polar surface area (TPSA) is 29.9 Å². The van der Waals surface area contributed by atoms with Crippen LogP contribution in [0.2, 0.25) is 0 Å². The number of aromatic nitrogens is 2. The maximum atomic E-state index is 13.6. The lowest BCUT2D eigenvalue weighted by molar-refractivity contribution is 0.409. The van der Waals surface area contributed by atoms with Crippen LogP contribution in [-0.2, 0) is 0 Å². The van der Waals surface area contributed by atoms with Gasteiger partial charge in [-0.3, -0.25) is 4.57 Å². The number of hydrogen-bond donors (Lipinski definition) is 1. The average molecular weight is 371 g/mol. The van der Waals surface area contributed by atoms with Crippen LogP contribution in [0.3, 0.4) is 0 Å². The van der Waals surface area contributed by atoms with E-state index in [1.807, 2.05) is 0 Å². The van der Waals surface area contributed by atoms with E-state index in [0.29, 0.717) is 31.7 Å². The van der Waals surface area contributed by atoms with E-state index in [2.05, 4.69) is 20.9 Å². The van der Waals surface area contributed by atoms with Gasteiger partial charge in [0, 0.05) is 12.1 Å². The Labute approximate surface area is 132 Å². The van der Waals surface area contributed by atoms with Gasteiger partial charge in [0.15, 0.2) is 4.77 Å². The Hall–Kier alpha value is -1.73. The number of nitrogens with one attached hydrogen (secondary N) is 1. The van der Waals surface area contributed by atoms with E-state index >= 15 is 0 Å². The maximum absolute atomic E-state index is 13.6. The molecule has 1 heterocycles. The molecule has 0 fully saturated rings. The third-order valence-corrected chi connectivity index (χ3v) is 4.00. The van der Waals surface area contributed by atoms with Crippen LogP contribution >= 0.6 is 28.1 Å². The number of halogens is 3. The monoisotopic (exact) mass is 370 g/mol. The number of hydrogen-bond acceptors (Lipinski definition) is 2. The van der Waals surface area contributed by atoms with Gasteiger partial charge in [0.05, 0.1) is 28.3 Å². The smallest absolute Gasteiger partial charge is 0.182 e. The number of nitrogens with zero attached hydrogens (tertiary/aromatic N) is 1. The van der Waals surface area contributed by atoms with Crippen molar-refractivity contribution >= 4 is 39.2 Å². The summed E-state index contributed by atoms with van der Waals surface area (Å²) in [7, 11) is 1.45. The maximum Gasteiger partial charge on any atom is 0.182 e. The summed E-state index contributed by atoms with van der Waals surface area (Å²) in [6, 6.07) is 7.11. The molecular weight excluding hydrogens is 362 g/mol. The van der Waals surface area contributed by atoms with Gasteiger partial charge in [-0.25, -0.2) is 8.78 Å². The lowest BCUT2D eigenvalue weighted by atomic mass is 10.2. The fourth-order valence-electron chi connectivity index (χ4n) is 2.18. The Balaban J connectivity index is 2.38. The van der Waals surface area contributed by atoms with Crippen LogP contribution in [0, 0.1) is 16.4 Å². The van der Waals surface area contributed by atoms with Crippen molar-refractivity contribution in [3.8, 4) is 11.4 Å². The van der Waals surface area contributed by atoms with E-state index in [1.165, 1.54) is 25.3 Å². The van der Waals surface area contributed by atoms with Gasteiger partial charge >= 0.3 is 0 Å². The van der Waals surface area contributed by atoms with E-state index in [4.69, 9.17) is 17.0 Å². The molecule has 108 valence electrons. The predicted molar refractivity (Wildman–Crippen MR) is 82.6 cm³/mol. The second-order valence-electron chi connectivity index (χ2n) is 4.37. The van der Waals surface area contributed by atoms with Crippen LogP contribution in [0.1, 0.15) is 0 Å². The first-order chi connectivity index (χ1) is 10.0. The second kappa shape index (κ2) is 5.23. The van der Waals surface area contributed by atoms with Gasteiger partial charge < -0.3 is 9.72 Å². The quantitative estimate of drug-likeness (QED) is 0.660. The number of benzene rings is 2. The Kier molecular flexibility index (Phi) is 3.54. The molecule has 2 aromatic carbocycles. The molecule has 21 heavy (non-hydrogen) atoms. The normalized spacial score (nSPS) is 11.0. The zero-order valence-electron chi connectivity index (χ0n) is 10.8. The number of aromatic amines is 1. The molecule has 0 amide bonds. The van der Waals surface area contributed by atoms with Crippen LogP contribution < -0.4 is 4.74 Å². The van der Waals surface area contributed by atoms with Gasteiger partial charge in [-0.2, -0.15) is 0 Å². The first-order valence-electron chi connectivity index (χ1n) is 5.95. The van der Waals surface area contributed by atoms with Crippen molar-refractivity contribution in [2.75, 3.05) is 7.11 Å².